The fraction of sp³-hybridized carbons (Fsp3) is 0.240. The van der Waals surface area contributed by atoms with Gasteiger partial charge in [-0.2, -0.15) is 0 Å². The predicted octanol–water partition coefficient (Wildman–Crippen LogP) is 5.56. The predicted molar refractivity (Wildman–Crippen MR) is 111 cm³/mol. The summed E-state index contributed by atoms with van der Waals surface area (Å²) in [5.41, 5.74) is 8.42. The van der Waals surface area contributed by atoms with Crippen LogP contribution in [0, 0.1) is 13.8 Å². The van der Waals surface area contributed by atoms with E-state index in [2.05, 4.69) is 56.3 Å². The van der Waals surface area contributed by atoms with E-state index >= 15 is 0 Å². The van der Waals surface area contributed by atoms with E-state index in [1.165, 1.54) is 22.3 Å². The van der Waals surface area contributed by atoms with Gasteiger partial charge < -0.3 is 9.84 Å². The van der Waals surface area contributed by atoms with Crippen LogP contribution in [0.25, 0.3) is 11.1 Å². The van der Waals surface area contributed by atoms with E-state index in [4.69, 9.17) is 4.74 Å². The van der Waals surface area contributed by atoms with Crippen LogP contribution in [0.4, 0.5) is 0 Å². The standard InChI is InChI=1S/C25H24O3/c1-16-7-3-4-9-19(16)20-10-5-8-18(17(20)2)15-28-25-13-24(27)23(14-26)21-11-6-12-22(21)25/h3-5,7-10,13-14,27H,6,11-12,15H2,1-2H3. The molecule has 142 valence electrons. The molecule has 3 aromatic rings. The maximum Gasteiger partial charge on any atom is 0.154 e. The lowest BCUT2D eigenvalue weighted by molar-refractivity contribution is 0.112. The summed E-state index contributed by atoms with van der Waals surface area (Å²) in [6, 6.07) is 16.3. The van der Waals surface area contributed by atoms with E-state index in [1.807, 2.05) is 0 Å². The molecule has 4 rings (SSSR count). The Morgan fingerprint density at radius 3 is 2.54 bits per heavy atom. The first-order valence-corrected chi connectivity index (χ1v) is 9.70. The monoisotopic (exact) mass is 372 g/mol. The van der Waals surface area contributed by atoms with E-state index < -0.39 is 0 Å². The van der Waals surface area contributed by atoms with Gasteiger partial charge in [-0.25, -0.2) is 0 Å². The average molecular weight is 372 g/mol. The Morgan fingerprint density at radius 1 is 1.00 bits per heavy atom. The minimum atomic E-state index is 0.0102. The van der Waals surface area contributed by atoms with E-state index in [-0.39, 0.29) is 5.75 Å². The van der Waals surface area contributed by atoms with Crippen LogP contribution in [0.1, 0.15) is 44.6 Å². The number of phenols is 1. The second-order valence-corrected chi connectivity index (χ2v) is 7.43. The van der Waals surface area contributed by atoms with Gasteiger partial charge in [0.05, 0.1) is 5.56 Å². The molecule has 0 aromatic heterocycles. The van der Waals surface area contributed by atoms with Crippen LogP contribution in [0.5, 0.6) is 11.5 Å². The second-order valence-electron chi connectivity index (χ2n) is 7.43. The third kappa shape index (κ3) is 3.18. The minimum absolute atomic E-state index is 0.0102. The van der Waals surface area contributed by atoms with Crippen LogP contribution in [0.3, 0.4) is 0 Å². The molecule has 0 aliphatic heterocycles. The summed E-state index contributed by atoms with van der Waals surface area (Å²) in [6.45, 7) is 4.67. The molecule has 1 aliphatic rings. The van der Waals surface area contributed by atoms with Crippen molar-refractivity contribution in [1.82, 2.24) is 0 Å². The van der Waals surface area contributed by atoms with Crippen LogP contribution < -0.4 is 4.74 Å². The molecule has 1 N–H and O–H groups in total. The first-order chi connectivity index (χ1) is 13.6. The highest BCUT2D eigenvalue weighted by Gasteiger charge is 2.22. The van der Waals surface area contributed by atoms with Crippen LogP contribution in [-0.4, -0.2) is 11.4 Å². The number of hydrogen-bond acceptors (Lipinski definition) is 3. The number of ether oxygens (including phenoxy) is 1. The molecule has 28 heavy (non-hydrogen) atoms. The largest absolute Gasteiger partial charge is 0.507 e. The lowest BCUT2D eigenvalue weighted by atomic mass is 9.94. The molecular formula is C25H24O3. The number of aryl methyl sites for hydroxylation is 1. The molecule has 0 unspecified atom stereocenters. The third-order valence-corrected chi connectivity index (χ3v) is 5.77. The molecule has 0 amide bonds. The van der Waals surface area contributed by atoms with Crippen LogP contribution in [0.15, 0.2) is 48.5 Å². The minimum Gasteiger partial charge on any atom is -0.507 e. The van der Waals surface area contributed by atoms with Gasteiger partial charge in [-0.05, 0) is 72.1 Å². The van der Waals surface area contributed by atoms with Gasteiger partial charge in [-0.3, -0.25) is 4.79 Å². The maximum atomic E-state index is 11.3. The van der Waals surface area contributed by atoms with Gasteiger partial charge in [-0.1, -0.05) is 42.5 Å². The molecule has 3 nitrogen and oxygen atoms in total. The normalized spacial score (nSPS) is 12.6. The number of aromatic hydroxyl groups is 1. The molecule has 0 radical (unpaired) electrons. The van der Waals surface area contributed by atoms with Crippen molar-refractivity contribution in [1.29, 1.82) is 0 Å². The van der Waals surface area contributed by atoms with E-state index in [9.17, 15) is 9.90 Å². The van der Waals surface area contributed by atoms with Gasteiger partial charge in [0, 0.05) is 6.07 Å². The number of carbonyl (C=O) groups is 1. The molecule has 0 spiro atoms. The lowest BCUT2D eigenvalue weighted by Gasteiger charge is -2.16. The molecule has 0 atom stereocenters. The molecule has 1 aliphatic carbocycles. The Hall–Kier alpha value is -3.07. The van der Waals surface area contributed by atoms with E-state index in [0.717, 1.165) is 42.2 Å². The Kier molecular flexibility index (Phi) is 4.91. The zero-order valence-corrected chi connectivity index (χ0v) is 16.3. The summed E-state index contributed by atoms with van der Waals surface area (Å²) >= 11 is 0. The van der Waals surface area contributed by atoms with Gasteiger partial charge >= 0.3 is 0 Å². The van der Waals surface area contributed by atoms with Gasteiger partial charge in [0.15, 0.2) is 6.29 Å². The molecule has 3 heteroatoms. The van der Waals surface area contributed by atoms with Crippen molar-refractivity contribution in [2.75, 3.05) is 0 Å². The lowest BCUT2D eigenvalue weighted by Crippen LogP contribution is -2.03. The fourth-order valence-electron chi connectivity index (χ4n) is 4.18. The Bertz CT molecular complexity index is 1050. The van der Waals surface area contributed by atoms with Crippen molar-refractivity contribution in [3.8, 4) is 22.6 Å². The molecule has 0 saturated carbocycles. The number of hydrogen-bond donors (Lipinski definition) is 1. The Morgan fingerprint density at radius 2 is 1.75 bits per heavy atom. The zero-order valence-electron chi connectivity index (χ0n) is 16.3. The first-order valence-electron chi connectivity index (χ1n) is 9.70. The topological polar surface area (TPSA) is 46.5 Å². The Labute approximate surface area is 165 Å². The van der Waals surface area contributed by atoms with Gasteiger partial charge in [0.2, 0.25) is 0 Å². The second kappa shape index (κ2) is 7.51. The number of phenolic OH excluding ortho intramolecular Hbond substituents is 1. The summed E-state index contributed by atoms with van der Waals surface area (Å²) in [5.74, 6) is 0.701. The van der Waals surface area contributed by atoms with E-state index in [1.54, 1.807) is 6.07 Å². The average Bonchev–Trinajstić information content (AvgIpc) is 3.17. The van der Waals surface area contributed by atoms with Crippen molar-refractivity contribution in [2.24, 2.45) is 0 Å². The van der Waals surface area contributed by atoms with Gasteiger partial charge in [-0.15, -0.1) is 0 Å². The summed E-state index contributed by atoms with van der Waals surface area (Å²) in [5, 5.41) is 10.2. The molecular weight excluding hydrogens is 348 g/mol. The molecule has 0 bridgehead atoms. The quantitative estimate of drug-likeness (QED) is 0.597. The fourth-order valence-corrected chi connectivity index (χ4v) is 4.18. The van der Waals surface area contributed by atoms with Crippen LogP contribution in [0.2, 0.25) is 0 Å². The zero-order chi connectivity index (χ0) is 19.7. The summed E-state index contributed by atoms with van der Waals surface area (Å²) < 4.78 is 6.14. The molecule has 3 aromatic carbocycles. The third-order valence-electron chi connectivity index (χ3n) is 5.77. The number of fused-ring (bicyclic) bond motifs is 1. The van der Waals surface area contributed by atoms with Crippen molar-refractivity contribution in [3.05, 3.63) is 81.9 Å². The number of aldehydes is 1. The Balaban J connectivity index is 1.65. The molecule has 0 heterocycles. The van der Waals surface area contributed by atoms with Crippen LogP contribution >= 0.6 is 0 Å². The van der Waals surface area contributed by atoms with Gasteiger partial charge in [0.25, 0.3) is 0 Å². The first kappa shape index (κ1) is 18.3. The van der Waals surface area contributed by atoms with E-state index in [0.29, 0.717) is 17.9 Å². The summed E-state index contributed by atoms with van der Waals surface area (Å²) in [6.07, 6.45) is 3.43. The summed E-state index contributed by atoms with van der Waals surface area (Å²) in [7, 11) is 0. The van der Waals surface area contributed by atoms with Crippen molar-refractivity contribution in [2.45, 2.75) is 39.7 Å². The number of benzene rings is 3. The SMILES string of the molecule is Cc1ccccc1-c1cccc(COc2cc(O)c(C=O)c3c2CCC3)c1C. The highest BCUT2D eigenvalue weighted by Crippen LogP contribution is 2.38. The molecule has 0 fully saturated rings. The highest BCUT2D eigenvalue weighted by molar-refractivity contribution is 5.83. The van der Waals surface area contributed by atoms with Gasteiger partial charge in [0.1, 0.15) is 18.1 Å². The summed E-state index contributed by atoms with van der Waals surface area (Å²) in [4.78, 5) is 11.3. The van der Waals surface area contributed by atoms with Crippen molar-refractivity contribution in [3.63, 3.8) is 0 Å². The highest BCUT2D eigenvalue weighted by atomic mass is 16.5. The van der Waals surface area contributed by atoms with Crippen molar-refractivity contribution >= 4 is 6.29 Å². The maximum absolute atomic E-state index is 11.3. The number of carbonyl (C=O) groups excluding carboxylic acids is 1. The van der Waals surface area contributed by atoms with Crippen molar-refractivity contribution < 1.29 is 14.6 Å². The smallest absolute Gasteiger partial charge is 0.154 e. The number of rotatable bonds is 5. The molecule has 0 saturated heterocycles. The van der Waals surface area contributed by atoms with Crippen LogP contribution in [-0.2, 0) is 19.4 Å².